The average Bonchev–Trinajstić information content (AvgIpc) is 2.57. The first-order chi connectivity index (χ1) is 14.3. The van der Waals surface area contributed by atoms with E-state index in [1.54, 1.807) is 12.1 Å². The molecule has 2 atom stereocenters. The number of nitrogens with zero attached hydrogens (tertiary/aromatic N) is 1. The van der Waals surface area contributed by atoms with Crippen LogP contribution < -0.4 is 10.7 Å². The number of amides is 2. The van der Waals surface area contributed by atoms with Crippen LogP contribution in [0.1, 0.15) is 66.7 Å². The summed E-state index contributed by atoms with van der Waals surface area (Å²) < 4.78 is 0. The molecule has 0 spiro atoms. The van der Waals surface area contributed by atoms with Crippen LogP contribution in [0.4, 0.5) is 10.5 Å². The van der Waals surface area contributed by atoms with E-state index in [4.69, 9.17) is 0 Å². The number of Topliss-reactive ketones (excluding diaryl/α,β-unsaturated/α-hetero) is 1. The number of ketones is 1. The van der Waals surface area contributed by atoms with E-state index in [0.717, 1.165) is 18.4 Å². The highest BCUT2D eigenvalue weighted by molar-refractivity contribution is 6.48. The van der Waals surface area contributed by atoms with Crippen LogP contribution in [-0.4, -0.2) is 28.2 Å². The molecule has 0 heterocycles. The Morgan fingerprint density at radius 2 is 1.68 bits per heavy atom. The van der Waals surface area contributed by atoms with Gasteiger partial charge < -0.3 is 10.4 Å². The summed E-state index contributed by atoms with van der Waals surface area (Å²) in [6, 6.07) is 8.57. The third kappa shape index (κ3) is 4.05. The maximum Gasteiger partial charge on any atom is 0.339 e. The van der Waals surface area contributed by atoms with Crippen molar-refractivity contribution in [2.24, 2.45) is 21.3 Å². The van der Waals surface area contributed by atoms with Crippen LogP contribution in [0.3, 0.4) is 0 Å². The quantitative estimate of drug-likeness (QED) is 0.596. The van der Waals surface area contributed by atoms with Gasteiger partial charge in [-0.05, 0) is 55.1 Å². The number of allylic oxidation sites excluding steroid dienone is 1. The maximum atomic E-state index is 13.6. The lowest BCUT2D eigenvalue weighted by Gasteiger charge is -2.57. The Labute approximate surface area is 184 Å². The first kappa shape index (κ1) is 21.8. The fraction of sp³-hybridized carbons (Fsp3) is 0.560. The zero-order chi connectivity index (χ0) is 22.7. The largest absolute Gasteiger partial charge is 0.385 e. The minimum atomic E-state index is -1.13. The number of aliphatic hydroxyl groups is 1. The summed E-state index contributed by atoms with van der Waals surface area (Å²) in [6.07, 6.45) is 3.70. The van der Waals surface area contributed by atoms with Gasteiger partial charge in [0.05, 0.1) is 5.60 Å². The van der Waals surface area contributed by atoms with Crippen LogP contribution in [0.2, 0.25) is 0 Å². The van der Waals surface area contributed by atoms with Crippen molar-refractivity contribution < 1.29 is 14.7 Å². The van der Waals surface area contributed by atoms with Gasteiger partial charge in [0.25, 0.3) is 0 Å². The third-order valence-electron chi connectivity index (χ3n) is 6.89. The molecule has 0 saturated heterocycles. The van der Waals surface area contributed by atoms with Crippen LogP contribution in [0.25, 0.3) is 0 Å². The van der Waals surface area contributed by atoms with Gasteiger partial charge in [0, 0.05) is 16.7 Å². The van der Waals surface area contributed by atoms with Gasteiger partial charge in [-0.15, -0.1) is 0 Å². The Balaban J connectivity index is 1.63. The van der Waals surface area contributed by atoms with E-state index < -0.39 is 17.0 Å². The lowest BCUT2D eigenvalue weighted by atomic mass is 9.49. The molecule has 0 radical (unpaired) electrons. The summed E-state index contributed by atoms with van der Waals surface area (Å²) in [7, 11) is 0. The maximum absolute atomic E-state index is 13.6. The highest BCUT2D eigenvalue weighted by Crippen LogP contribution is 2.61. The van der Waals surface area contributed by atoms with E-state index in [9.17, 15) is 14.7 Å². The number of para-hydroxylation sites is 1. The number of carbonyl (C=O) groups is 2. The van der Waals surface area contributed by atoms with Crippen LogP contribution in [0, 0.1) is 16.2 Å². The number of urea groups is 1. The molecule has 2 amide bonds. The van der Waals surface area contributed by atoms with E-state index in [1.165, 1.54) is 0 Å². The summed E-state index contributed by atoms with van der Waals surface area (Å²) >= 11 is 0. The van der Waals surface area contributed by atoms with Crippen molar-refractivity contribution >= 4 is 23.2 Å². The SMILES string of the molecule is CC1(C)CC2(C)CC3=C(C(=O)/C(=N/NC(=O)Nc4ccccc4)C(C)(C)C3)C(O)(C1)C2. The Morgan fingerprint density at radius 3 is 2.35 bits per heavy atom. The molecule has 3 aliphatic rings. The van der Waals surface area contributed by atoms with Gasteiger partial charge >= 0.3 is 6.03 Å². The van der Waals surface area contributed by atoms with E-state index in [0.29, 0.717) is 36.2 Å². The van der Waals surface area contributed by atoms with Gasteiger partial charge in [-0.25, -0.2) is 10.2 Å². The van der Waals surface area contributed by atoms with Crippen molar-refractivity contribution in [1.82, 2.24) is 5.43 Å². The molecule has 3 aliphatic carbocycles. The molecule has 0 aromatic heterocycles. The first-order valence-electron chi connectivity index (χ1n) is 11.0. The minimum absolute atomic E-state index is 0.00579. The summed E-state index contributed by atoms with van der Waals surface area (Å²) in [6.45, 7) is 10.5. The molecule has 2 bridgehead atoms. The molecule has 1 aromatic carbocycles. The number of fused-ring (bicyclic) bond motifs is 3. The Morgan fingerprint density at radius 1 is 1.00 bits per heavy atom. The lowest BCUT2D eigenvalue weighted by Crippen LogP contribution is -2.56. The summed E-state index contributed by atoms with van der Waals surface area (Å²) in [5, 5.41) is 18.7. The van der Waals surface area contributed by atoms with Crippen molar-refractivity contribution in [3.05, 3.63) is 41.5 Å². The highest BCUT2D eigenvalue weighted by Gasteiger charge is 2.58. The van der Waals surface area contributed by atoms with Gasteiger partial charge in [0.15, 0.2) is 0 Å². The molecule has 2 unspecified atom stereocenters. The predicted molar refractivity (Wildman–Crippen MR) is 122 cm³/mol. The van der Waals surface area contributed by atoms with E-state index >= 15 is 0 Å². The van der Waals surface area contributed by atoms with Crippen molar-refractivity contribution in [1.29, 1.82) is 0 Å². The van der Waals surface area contributed by atoms with Gasteiger partial charge in [-0.3, -0.25) is 4.79 Å². The van der Waals surface area contributed by atoms with Gasteiger partial charge in [0.1, 0.15) is 5.71 Å². The van der Waals surface area contributed by atoms with Crippen molar-refractivity contribution in [2.75, 3.05) is 5.32 Å². The fourth-order valence-electron chi connectivity index (χ4n) is 6.63. The Hall–Kier alpha value is -2.47. The molecule has 0 aliphatic heterocycles. The molecule has 3 N–H and O–H groups in total. The number of hydrogen-bond acceptors (Lipinski definition) is 4. The van der Waals surface area contributed by atoms with Crippen LogP contribution in [0.5, 0.6) is 0 Å². The highest BCUT2D eigenvalue weighted by atomic mass is 16.3. The molecule has 4 rings (SSSR count). The van der Waals surface area contributed by atoms with Crippen LogP contribution >= 0.6 is 0 Å². The lowest BCUT2D eigenvalue weighted by molar-refractivity contribution is -0.119. The van der Waals surface area contributed by atoms with Gasteiger partial charge in [-0.1, -0.05) is 58.4 Å². The molecular weight excluding hydrogens is 390 g/mol. The van der Waals surface area contributed by atoms with E-state index in [1.807, 2.05) is 32.0 Å². The number of rotatable bonds is 2. The van der Waals surface area contributed by atoms with E-state index in [-0.39, 0.29) is 16.6 Å². The number of hydrazone groups is 1. The van der Waals surface area contributed by atoms with Crippen LogP contribution in [-0.2, 0) is 4.79 Å². The second-order valence-corrected chi connectivity index (χ2v) is 11.5. The number of benzene rings is 1. The summed E-state index contributed by atoms with van der Waals surface area (Å²) in [5.41, 5.74) is 3.32. The van der Waals surface area contributed by atoms with Crippen molar-refractivity contribution in [3.63, 3.8) is 0 Å². The molecule has 31 heavy (non-hydrogen) atoms. The molecule has 1 saturated carbocycles. The van der Waals surface area contributed by atoms with Crippen LogP contribution in [0.15, 0.2) is 46.6 Å². The Kier molecular flexibility index (Phi) is 4.93. The monoisotopic (exact) mass is 423 g/mol. The smallest absolute Gasteiger partial charge is 0.339 e. The summed E-state index contributed by atoms with van der Waals surface area (Å²) in [5.74, 6) is -0.228. The van der Waals surface area contributed by atoms with Gasteiger partial charge in [0.2, 0.25) is 5.78 Å². The molecule has 6 nitrogen and oxygen atoms in total. The predicted octanol–water partition coefficient (Wildman–Crippen LogP) is 4.81. The second-order valence-electron chi connectivity index (χ2n) is 11.5. The number of hydrogen-bond donors (Lipinski definition) is 3. The molecule has 166 valence electrons. The minimum Gasteiger partial charge on any atom is -0.385 e. The average molecular weight is 424 g/mol. The van der Waals surface area contributed by atoms with Crippen molar-refractivity contribution in [3.8, 4) is 0 Å². The number of carbonyl (C=O) groups excluding carboxylic acids is 2. The second kappa shape index (κ2) is 7.02. The zero-order valence-corrected chi connectivity index (χ0v) is 19.1. The normalized spacial score (nSPS) is 32.5. The first-order valence-corrected chi connectivity index (χ1v) is 11.0. The number of anilines is 1. The standard InChI is InChI=1S/C25H33N3O3/c1-22(2)13-24(5)12-16-11-23(3,4)20(19(29)18(16)25(31,14-22)15-24)27-28-21(30)26-17-9-7-6-8-10-17/h6-10,31H,11-15H2,1-5H3,(H2,26,28,30)/b27-20-. The topological polar surface area (TPSA) is 90.8 Å². The number of nitrogens with one attached hydrogen (secondary N) is 2. The molecule has 6 heteroatoms. The molecule has 1 aromatic rings. The Bertz CT molecular complexity index is 993. The molecular formula is C25H33N3O3. The fourth-order valence-corrected chi connectivity index (χ4v) is 6.63. The van der Waals surface area contributed by atoms with E-state index in [2.05, 4.69) is 36.6 Å². The third-order valence-corrected chi connectivity index (χ3v) is 6.89. The van der Waals surface area contributed by atoms with Gasteiger partial charge in [-0.2, -0.15) is 5.10 Å². The molecule has 1 fully saturated rings. The summed E-state index contributed by atoms with van der Waals surface area (Å²) in [4.78, 5) is 26.0. The zero-order valence-electron chi connectivity index (χ0n) is 19.1. The van der Waals surface area contributed by atoms with Crippen molar-refractivity contribution in [2.45, 2.75) is 72.3 Å².